The molecule has 3 rings (SSSR count). The molecule has 1 amide bonds. The minimum absolute atomic E-state index is 0.100. The third kappa shape index (κ3) is 4.54. The number of ketones is 1. The largest absolute Gasteiger partial charge is 0.311 e. The lowest BCUT2D eigenvalue weighted by Crippen LogP contribution is -2.38. The van der Waals surface area contributed by atoms with Crippen LogP contribution < -0.4 is 4.90 Å². The SMILES string of the molecule is CC(C)(C)C(=O)N1CCc2cccc(CCC(=O)/C=C/c3ccccc3)c21. The minimum atomic E-state index is -0.414. The number of allylic oxidation sites excluding steroid dienone is 1. The zero-order valence-electron chi connectivity index (χ0n) is 16.4. The number of hydrogen-bond donors (Lipinski definition) is 0. The fourth-order valence-corrected chi connectivity index (χ4v) is 3.44. The molecule has 0 atom stereocenters. The van der Waals surface area contributed by atoms with Gasteiger partial charge in [-0.3, -0.25) is 9.59 Å². The van der Waals surface area contributed by atoms with Crippen LogP contribution in [0.2, 0.25) is 0 Å². The Kier molecular flexibility index (Phi) is 5.59. The summed E-state index contributed by atoms with van der Waals surface area (Å²) in [6.07, 6.45) is 5.48. The van der Waals surface area contributed by atoms with E-state index >= 15 is 0 Å². The second-order valence-electron chi connectivity index (χ2n) is 8.09. The Balaban J connectivity index is 1.72. The van der Waals surface area contributed by atoms with Crippen LogP contribution in [0.5, 0.6) is 0 Å². The molecule has 27 heavy (non-hydrogen) atoms. The first-order valence-corrected chi connectivity index (χ1v) is 9.55. The molecule has 0 unspecified atom stereocenters. The Bertz CT molecular complexity index is 860. The van der Waals surface area contributed by atoms with Gasteiger partial charge in [0.25, 0.3) is 0 Å². The van der Waals surface area contributed by atoms with E-state index in [1.54, 1.807) is 6.08 Å². The molecule has 0 fully saturated rings. The highest BCUT2D eigenvalue weighted by Gasteiger charge is 2.33. The van der Waals surface area contributed by atoms with Gasteiger partial charge in [-0.05, 0) is 35.6 Å². The second kappa shape index (κ2) is 7.91. The number of aryl methyl sites for hydroxylation is 1. The summed E-state index contributed by atoms with van der Waals surface area (Å²) in [6, 6.07) is 16.0. The smallest absolute Gasteiger partial charge is 0.232 e. The summed E-state index contributed by atoms with van der Waals surface area (Å²) in [5.41, 5.74) is 3.93. The molecular formula is C24H27NO2. The summed E-state index contributed by atoms with van der Waals surface area (Å²) in [5.74, 6) is 0.243. The van der Waals surface area contributed by atoms with Gasteiger partial charge < -0.3 is 4.90 Å². The van der Waals surface area contributed by atoms with E-state index in [1.807, 2.05) is 74.2 Å². The normalized spacial score (nSPS) is 13.8. The number of para-hydroxylation sites is 1. The number of nitrogens with zero attached hydrogens (tertiary/aromatic N) is 1. The van der Waals surface area contributed by atoms with E-state index in [-0.39, 0.29) is 11.7 Å². The summed E-state index contributed by atoms with van der Waals surface area (Å²) < 4.78 is 0. The molecule has 3 nitrogen and oxygen atoms in total. The summed E-state index contributed by atoms with van der Waals surface area (Å²) >= 11 is 0. The molecular weight excluding hydrogens is 334 g/mol. The Morgan fingerprint density at radius 1 is 1.04 bits per heavy atom. The van der Waals surface area contributed by atoms with Crippen LogP contribution in [0.3, 0.4) is 0 Å². The lowest BCUT2D eigenvalue weighted by Gasteiger charge is -2.27. The van der Waals surface area contributed by atoms with Crippen molar-refractivity contribution in [2.24, 2.45) is 5.41 Å². The van der Waals surface area contributed by atoms with Crippen molar-refractivity contribution in [1.82, 2.24) is 0 Å². The van der Waals surface area contributed by atoms with Gasteiger partial charge in [0.1, 0.15) is 0 Å². The first-order valence-electron chi connectivity index (χ1n) is 9.55. The van der Waals surface area contributed by atoms with Crippen molar-refractivity contribution in [3.05, 3.63) is 71.3 Å². The molecule has 0 spiro atoms. The van der Waals surface area contributed by atoms with Crippen LogP contribution >= 0.6 is 0 Å². The standard InChI is InChI=1S/C24H27NO2/c1-24(2,3)23(27)25-17-16-20-11-7-10-19(22(20)25)13-15-21(26)14-12-18-8-5-4-6-9-18/h4-12,14H,13,15-17H2,1-3H3/b14-12+. The molecule has 3 heteroatoms. The minimum Gasteiger partial charge on any atom is -0.311 e. The predicted octanol–water partition coefficient (Wildman–Crippen LogP) is 4.84. The average Bonchev–Trinajstić information content (AvgIpc) is 3.08. The number of carbonyl (C=O) groups is 2. The maximum absolute atomic E-state index is 12.8. The highest BCUT2D eigenvalue weighted by atomic mass is 16.2. The van der Waals surface area contributed by atoms with E-state index in [9.17, 15) is 9.59 Å². The second-order valence-corrected chi connectivity index (χ2v) is 8.09. The van der Waals surface area contributed by atoms with E-state index in [0.29, 0.717) is 12.8 Å². The number of amides is 1. The molecule has 2 aromatic rings. The van der Waals surface area contributed by atoms with E-state index in [0.717, 1.165) is 29.8 Å². The van der Waals surface area contributed by atoms with Gasteiger partial charge in [0.15, 0.2) is 5.78 Å². The van der Waals surface area contributed by atoms with Gasteiger partial charge in [-0.1, -0.05) is 75.4 Å². The lowest BCUT2D eigenvalue weighted by atomic mass is 9.94. The van der Waals surface area contributed by atoms with E-state index < -0.39 is 5.41 Å². The molecule has 0 bridgehead atoms. The van der Waals surface area contributed by atoms with Crippen LogP contribution in [-0.2, 0) is 22.4 Å². The maximum Gasteiger partial charge on any atom is 0.232 e. The van der Waals surface area contributed by atoms with Crippen molar-refractivity contribution in [2.45, 2.75) is 40.0 Å². The van der Waals surface area contributed by atoms with Gasteiger partial charge in [0.05, 0.1) is 5.69 Å². The zero-order valence-corrected chi connectivity index (χ0v) is 16.4. The Morgan fingerprint density at radius 2 is 1.78 bits per heavy atom. The van der Waals surface area contributed by atoms with Gasteiger partial charge in [0, 0.05) is 18.4 Å². The highest BCUT2D eigenvalue weighted by molar-refractivity contribution is 5.99. The lowest BCUT2D eigenvalue weighted by molar-refractivity contribution is -0.125. The quantitative estimate of drug-likeness (QED) is 0.715. The third-order valence-electron chi connectivity index (χ3n) is 4.87. The van der Waals surface area contributed by atoms with Crippen LogP contribution in [0.25, 0.3) is 6.08 Å². The topological polar surface area (TPSA) is 37.4 Å². The summed E-state index contributed by atoms with van der Waals surface area (Å²) in [6.45, 7) is 6.58. The van der Waals surface area contributed by atoms with Crippen molar-refractivity contribution >= 4 is 23.5 Å². The fraction of sp³-hybridized carbons (Fsp3) is 0.333. The van der Waals surface area contributed by atoms with Crippen molar-refractivity contribution in [3.63, 3.8) is 0 Å². The van der Waals surface area contributed by atoms with Crippen molar-refractivity contribution < 1.29 is 9.59 Å². The number of rotatable bonds is 5. The van der Waals surface area contributed by atoms with Crippen molar-refractivity contribution in [3.8, 4) is 0 Å². The molecule has 1 aliphatic heterocycles. The Labute approximate surface area is 161 Å². The number of hydrogen-bond acceptors (Lipinski definition) is 2. The Hall–Kier alpha value is -2.68. The maximum atomic E-state index is 12.8. The van der Waals surface area contributed by atoms with Gasteiger partial charge in [-0.15, -0.1) is 0 Å². The van der Waals surface area contributed by atoms with Crippen molar-refractivity contribution in [2.75, 3.05) is 11.4 Å². The third-order valence-corrected chi connectivity index (χ3v) is 4.87. The van der Waals surface area contributed by atoms with Gasteiger partial charge in [0.2, 0.25) is 5.91 Å². The van der Waals surface area contributed by atoms with E-state index in [4.69, 9.17) is 0 Å². The number of benzene rings is 2. The molecule has 0 saturated heterocycles. The molecule has 0 saturated carbocycles. The van der Waals surface area contributed by atoms with E-state index in [1.165, 1.54) is 5.56 Å². The summed E-state index contributed by atoms with van der Waals surface area (Å²) in [4.78, 5) is 27.0. The molecule has 1 aliphatic rings. The summed E-state index contributed by atoms with van der Waals surface area (Å²) in [5, 5.41) is 0. The Morgan fingerprint density at radius 3 is 2.48 bits per heavy atom. The van der Waals surface area contributed by atoms with Crippen LogP contribution in [0.15, 0.2) is 54.6 Å². The highest BCUT2D eigenvalue weighted by Crippen LogP contribution is 2.35. The molecule has 140 valence electrons. The van der Waals surface area contributed by atoms with Gasteiger partial charge >= 0.3 is 0 Å². The van der Waals surface area contributed by atoms with Crippen molar-refractivity contribution in [1.29, 1.82) is 0 Å². The van der Waals surface area contributed by atoms with Crippen LogP contribution in [0, 0.1) is 5.41 Å². The summed E-state index contributed by atoms with van der Waals surface area (Å²) in [7, 11) is 0. The fourth-order valence-electron chi connectivity index (χ4n) is 3.44. The van der Waals surface area contributed by atoms with Crippen LogP contribution in [0.1, 0.15) is 43.9 Å². The van der Waals surface area contributed by atoms with Crippen LogP contribution in [0.4, 0.5) is 5.69 Å². The molecule has 0 aliphatic carbocycles. The molecule has 0 aromatic heterocycles. The molecule has 0 radical (unpaired) electrons. The number of fused-ring (bicyclic) bond motifs is 1. The molecule has 2 aromatic carbocycles. The average molecular weight is 361 g/mol. The first-order chi connectivity index (χ1) is 12.9. The zero-order chi connectivity index (χ0) is 19.4. The van der Waals surface area contributed by atoms with Gasteiger partial charge in [-0.25, -0.2) is 0 Å². The molecule has 0 N–H and O–H groups in total. The number of anilines is 1. The monoisotopic (exact) mass is 361 g/mol. The van der Waals surface area contributed by atoms with E-state index in [2.05, 4.69) is 6.07 Å². The van der Waals surface area contributed by atoms with Gasteiger partial charge in [-0.2, -0.15) is 0 Å². The first kappa shape index (κ1) is 19.1. The molecule has 1 heterocycles. The van der Waals surface area contributed by atoms with Crippen LogP contribution in [-0.4, -0.2) is 18.2 Å². The predicted molar refractivity (Wildman–Crippen MR) is 111 cm³/mol. The number of carbonyl (C=O) groups excluding carboxylic acids is 2.